The van der Waals surface area contributed by atoms with Gasteiger partial charge in [0, 0.05) is 29.7 Å². The second kappa shape index (κ2) is 11.6. The van der Waals surface area contributed by atoms with Crippen molar-refractivity contribution in [3.63, 3.8) is 0 Å². The summed E-state index contributed by atoms with van der Waals surface area (Å²) in [7, 11) is -4.25. The molecule has 2 N–H and O–H groups in total. The fourth-order valence-electron chi connectivity index (χ4n) is 4.68. The molecule has 0 amide bonds. The van der Waals surface area contributed by atoms with Crippen LogP contribution in [0.2, 0.25) is 0 Å². The van der Waals surface area contributed by atoms with Gasteiger partial charge in [-0.25, -0.2) is 18.7 Å². The lowest BCUT2D eigenvalue weighted by Crippen LogP contribution is -2.17. The largest absolute Gasteiger partial charge is 0.573 e. The highest BCUT2D eigenvalue weighted by Gasteiger charge is 2.35. The van der Waals surface area contributed by atoms with Gasteiger partial charge in [0.05, 0.1) is 5.69 Å². The Kier molecular flexibility index (Phi) is 8.04. The van der Waals surface area contributed by atoms with Gasteiger partial charge in [-0.1, -0.05) is 48.9 Å². The van der Waals surface area contributed by atoms with E-state index < -0.39 is 34.5 Å². The Labute approximate surface area is 238 Å². The molecule has 0 saturated heterocycles. The molecule has 0 atom stereocenters. The number of sulfonamides is 1. The number of nitrogens with zero attached hydrogens (tertiary/aromatic N) is 2. The summed E-state index contributed by atoms with van der Waals surface area (Å²) in [6, 6.07) is 17.8. The molecule has 0 unspecified atom stereocenters. The predicted octanol–water partition coefficient (Wildman–Crippen LogP) is 7.59. The van der Waals surface area contributed by atoms with Crippen molar-refractivity contribution < 1.29 is 35.1 Å². The Morgan fingerprint density at radius 1 is 0.810 bits per heavy atom. The minimum Gasteiger partial charge on any atom is -0.406 e. The molecule has 0 saturated carbocycles. The van der Waals surface area contributed by atoms with Crippen LogP contribution in [0.25, 0.3) is 22.4 Å². The molecule has 1 aliphatic rings. The van der Waals surface area contributed by atoms with Gasteiger partial charge >= 0.3 is 6.36 Å². The van der Waals surface area contributed by atoms with Crippen LogP contribution in [-0.2, 0) is 15.9 Å². The second-order valence-corrected chi connectivity index (χ2v) is 11.3. The number of hydrogen-bond donors (Lipinski definition) is 2. The van der Waals surface area contributed by atoms with Gasteiger partial charge in [0.2, 0.25) is 0 Å². The molecule has 3 heterocycles. The first kappa shape index (κ1) is 29.2. The fourth-order valence-corrected chi connectivity index (χ4v) is 5.65. The molecule has 2 aromatic carbocycles. The molecule has 0 spiro atoms. The van der Waals surface area contributed by atoms with Gasteiger partial charge in [0.15, 0.2) is 5.03 Å². The van der Waals surface area contributed by atoms with Crippen molar-refractivity contribution in [3.05, 3.63) is 84.4 Å². The van der Waals surface area contributed by atoms with Crippen LogP contribution in [0.15, 0.2) is 83.9 Å². The fraction of sp³-hybridized carbons (Fsp3) is 0.241. The van der Waals surface area contributed by atoms with E-state index in [0.29, 0.717) is 25.2 Å². The maximum Gasteiger partial charge on any atom is 0.573 e. The van der Waals surface area contributed by atoms with Crippen molar-refractivity contribution in [3.8, 4) is 28.1 Å². The van der Waals surface area contributed by atoms with Gasteiger partial charge in [-0.05, 0) is 54.8 Å². The van der Waals surface area contributed by atoms with E-state index in [0.717, 1.165) is 12.1 Å². The van der Waals surface area contributed by atoms with Crippen molar-refractivity contribution in [1.29, 1.82) is 0 Å². The van der Waals surface area contributed by atoms with Crippen molar-refractivity contribution >= 4 is 21.7 Å². The molecule has 1 aliphatic heterocycles. The van der Waals surface area contributed by atoms with Crippen LogP contribution in [0.3, 0.4) is 0 Å². The van der Waals surface area contributed by atoms with Crippen LogP contribution < -0.4 is 14.8 Å². The maximum atomic E-state index is 15.7. The van der Waals surface area contributed by atoms with E-state index in [-0.39, 0.29) is 45.2 Å². The average molecular weight is 605 g/mol. The lowest BCUT2D eigenvalue weighted by Gasteiger charge is -2.22. The zero-order chi connectivity index (χ0) is 30.0. The van der Waals surface area contributed by atoms with Crippen molar-refractivity contribution in [2.75, 3.05) is 16.6 Å². The normalized spacial score (nSPS) is 16.7. The number of halogens is 5. The molecule has 7 nitrogen and oxygen atoms in total. The van der Waals surface area contributed by atoms with Crippen LogP contribution in [0.4, 0.5) is 33.6 Å². The van der Waals surface area contributed by atoms with Crippen LogP contribution >= 0.6 is 0 Å². The number of rotatable bonds is 2. The molecule has 4 bridgehead atoms. The molecule has 2 aromatic heterocycles. The number of benzene rings is 2. The second-order valence-electron chi connectivity index (χ2n) is 9.62. The summed E-state index contributed by atoms with van der Waals surface area (Å²) in [6.07, 6.45) is -4.15. The molecule has 13 heteroatoms. The minimum atomic E-state index is -4.95. The van der Waals surface area contributed by atoms with Crippen LogP contribution in [-0.4, -0.2) is 31.3 Å². The highest BCUT2D eigenvalue weighted by molar-refractivity contribution is 7.92. The van der Waals surface area contributed by atoms with Gasteiger partial charge < -0.3 is 10.1 Å². The monoisotopic (exact) mass is 604 g/mol. The zero-order valence-electron chi connectivity index (χ0n) is 22.0. The molecule has 0 aliphatic carbocycles. The van der Waals surface area contributed by atoms with Crippen molar-refractivity contribution in [2.45, 2.75) is 43.0 Å². The Bertz CT molecular complexity index is 1700. The quantitative estimate of drug-likeness (QED) is 0.229. The van der Waals surface area contributed by atoms with E-state index in [1.54, 1.807) is 6.07 Å². The first-order chi connectivity index (χ1) is 19.9. The minimum absolute atomic E-state index is 0.00629. The Morgan fingerprint density at radius 3 is 2.40 bits per heavy atom. The number of hydrogen-bond acceptors (Lipinski definition) is 6. The highest BCUT2D eigenvalue weighted by Crippen LogP contribution is 2.43. The first-order valence-electron chi connectivity index (χ1n) is 13.0. The van der Waals surface area contributed by atoms with Gasteiger partial charge in [-0.2, -0.15) is 8.42 Å². The zero-order valence-corrected chi connectivity index (χ0v) is 22.8. The van der Waals surface area contributed by atoms with Crippen LogP contribution in [0.5, 0.6) is 5.75 Å². The summed E-state index contributed by atoms with van der Waals surface area (Å²) >= 11 is 0. The van der Waals surface area contributed by atoms with Crippen molar-refractivity contribution in [2.24, 2.45) is 0 Å². The molecule has 42 heavy (non-hydrogen) atoms. The standard InChI is InChI=1S/C29H25F5N4O3S/c30-28(31)16-4-1-5-17-35-24-12-7-13-26(36-24)42(39,40)38-25-15-14-21(27(37-25)22-10-2-3-11-23(22)28)19-8-6-9-20(18-19)41-29(32,33)34/h2-3,6-15,18H,1,4-5,16-17H2,(H,35,36)(H,37,38). The Balaban J connectivity index is 1.69. The summed E-state index contributed by atoms with van der Waals surface area (Å²) in [4.78, 5) is 8.57. The van der Waals surface area contributed by atoms with E-state index in [1.807, 2.05) is 0 Å². The smallest absolute Gasteiger partial charge is 0.406 e. The third-order valence-electron chi connectivity index (χ3n) is 6.56. The average Bonchev–Trinajstić information content (AvgIpc) is 2.94. The number of nitrogens with one attached hydrogen (secondary N) is 2. The summed E-state index contributed by atoms with van der Waals surface area (Å²) in [6.45, 7) is 0.412. The molecular weight excluding hydrogens is 579 g/mol. The lowest BCUT2D eigenvalue weighted by atomic mass is 9.91. The molecule has 0 fully saturated rings. The molecule has 220 valence electrons. The van der Waals surface area contributed by atoms with Crippen LogP contribution in [0.1, 0.15) is 31.2 Å². The molecule has 0 radical (unpaired) electrons. The summed E-state index contributed by atoms with van der Waals surface area (Å²) in [5.74, 6) is -3.68. The Morgan fingerprint density at radius 2 is 1.60 bits per heavy atom. The summed E-state index contributed by atoms with van der Waals surface area (Å²) in [5, 5.41) is 2.73. The number of fused-ring (bicyclic) bond motifs is 6. The number of anilines is 2. The molecule has 5 rings (SSSR count). The highest BCUT2D eigenvalue weighted by atomic mass is 32.2. The summed E-state index contributed by atoms with van der Waals surface area (Å²) in [5.41, 5.74) is 0.000472. The molecular formula is C29H25F5N4O3S. The number of aromatic nitrogens is 2. The first-order valence-corrected chi connectivity index (χ1v) is 14.5. The third-order valence-corrected chi connectivity index (χ3v) is 7.82. The number of ether oxygens (including phenoxy) is 1. The van der Waals surface area contributed by atoms with Gasteiger partial charge in [-0.3, -0.25) is 4.72 Å². The predicted molar refractivity (Wildman–Crippen MR) is 148 cm³/mol. The van der Waals surface area contributed by atoms with Crippen LogP contribution in [0, 0.1) is 0 Å². The van der Waals surface area contributed by atoms with Crippen molar-refractivity contribution in [1.82, 2.24) is 9.97 Å². The number of alkyl halides is 5. The number of pyridine rings is 2. The summed E-state index contributed by atoms with van der Waals surface area (Å²) < 4.78 is 103. The lowest BCUT2D eigenvalue weighted by molar-refractivity contribution is -0.274. The van der Waals surface area contributed by atoms with E-state index in [1.165, 1.54) is 60.7 Å². The maximum absolute atomic E-state index is 15.7. The third kappa shape index (κ3) is 6.78. The van der Waals surface area contributed by atoms with E-state index in [4.69, 9.17) is 0 Å². The molecule has 4 aromatic rings. The van der Waals surface area contributed by atoms with E-state index in [9.17, 15) is 21.6 Å². The van der Waals surface area contributed by atoms with Gasteiger partial charge in [-0.15, -0.1) is 13.2 Å². The Hall–Kier alpha value is -4.26. The van der Waals surface area contributed by atoms with Gasteiger partial charge in [0.25, 0.3) is 15.9 Å². The van der Waals surface area contributed by atoms with E-state index in [2.05, 4.69) is 24.7 Å². The topological polar surface area (TPSA) is 93.2 Å². The van der Waals surface area contributed by atoms with E-state index >= 15 is 8.78 Å². The van der Waals surface area contributed by atoms with Gasteiger partial charge in [0.1, 0.15) is 17.4 Å². The SMILES string of the molecule is O=S1(=O)Nc2ccc(-c3cccc(OC(F)(F)F)c3)c(n2)-c2ccccc2C(F)(F)CCCCCNc2cccc1n2.